The SMILES string of the molecule is CC(CCI)C(F)(F)F. The molecule has 0 aliphatic carbocycles. The van der Waals surface area contributed by atoms with Gasteiger partial charge in [-0.25, -0.2) is 0 Å². The molecule has 1 unspecified atom stereocenters. The van der Waals surface area contributed by atoms with Crippen LogP contribution in [0.4, 0.5) is 13.2 Å². The Morgan fingerprint density at radius 2 is 1.89 bits per heavy atom. The maximum atomic E-state index is 11.6. The van der Waals surface area contributed by atoms with Gasteiger partial charge in [0.1, 0.15) is 0 Å². The monoisotopic (exact) mass is 252 g/mol. The van der Waals surface area contributed by atoms with E-state index in [-0.39, 0.29) is 6.42 Å². The van der Waals surface area contributed by atoms with Gasteiger partial charge in [0, 0.05) is 4.43 Å². The Morgan fingerprint density at radius 1 is 1.44 bits per heavy atom. The summed E-state index contributed by atoms with van der Waals surface area (Å²) in [6, 6.07) is 0. The van der Waals surface area contributed by atoms with Crippen LogP contribution in [0.3, 0.4) is 0 Å². The number of hydrogen-bond donors (Lipinski definition) is 0. The molecule has 0 aliphatic rings. The first-order valence-electron chi connectivity index (χ1n) is 2.61. The molecule has 0 saturated heterocycles. The lowest BCUT2D eigenvalue weighted by atomic mass is 10.1. The minimum atomic E-state index is -3.99. The molecule has 0 aromatic rings. The standard InChI is InChI=1S/C5H8F3I/c1-4(2-3-9)5(6,7)8/h4H,2-3H2,1H3. The molecule has 56 valence electrons. The van der Waals surface area contributed by atoms with Gasteiger partial charge in [-0.2, -0.15) is 13.2 Å². The van der Waals surface area contributed by atoms with E-state index in [4.69, 9.17) is 0 Å². The van der Waals surface area contributed by atoms with Gasteiger partial charge in [0.05, 0.1) is 5.92 Å². The largest absolute Gasteiger partial charge is 0.391 e. The van der Waals surface area contributed by atoms with Crippen LogP contribution < -0.4 is 0 Å². The minimum absolute atomic E-state index is 0.226. The van der Waals surface area contributed by atoms with Gasteiger partial charge in [0.25, 0.3) is 0 Å². The van der Waals surface area contributed by atoms with Crippen LogP contribution in [0.2, 0.25) is 0 Å². The van der Waals surface area contributed by atoms with Crippen molar-refractivity contribution in [3.8, 4) is 0 Å². The zero-order valence-corrected chi connectivity index (χ0v) is 7.16. The van der Waals surface area contributed by atoms with E-state index in [2.05, 4.69) is 0 Å². The van der Waals surface area contributed by atoms with E-state index in [1.165, 1.54) is 6.92 Å². The van der Waals surface area contributed by atoms with Crippen LogP contribution in [0.5, 0.6) is 0 Å². The van der Waals surface area contributed by atoms with E-state index in [0.29, 0.717) is 4.43 Å². The number of hydrogen-bond acceptors (Lipinski definition) is 0. The molecule has 4 heteroatoms. The van der Waals surface area contributed by atoms with Gasteiger partial charge in [-0.15, -0.1) is 0 Å². The van der Waals surface area contributed by atoms with Crippen LogP contribution in [0.25, 0.3) is 0 Å². The lowest BCUT2D eigenvalue weighted by molar-refractivity contribution is -0.169. The fourth-order valence-corrected chi connectivity index (χ4v) is 1.26. The summed E-state index contributed by atoms with van der Waals surface area (Å²) in [6.07, 6.45) is -3.77. The van der Waals surface area contributed by atoms with Crippen molar-refractivity contribution in [2.45, 2.75) is 19.5 Å². The zero-order chi connectivity index (χ0) is 7.49. The highest BCUT2D eigenvalue weighted by molar-refractivity contribution is 14.1. The third-order valence-electron chi connectivity index (χ3n) is 1.10. The molecule has 0 aliphatic heterocycles. The molecule has 0 rings (SSSR count). The Hall–Kier alpha value is 0.520. The van der Waals surface area contributed by atoms with E-state index in [1.54, 1.807) is 0 Å². The van der Waals surface area contributed by atoms with Gasteiger partial charge in [0.2, 0.25) is 0 Å². The maximum absolute atomic E-state index is 11.6. The minimum Gasteiger partial charge on any atom is -0.171 e. The molecule has 0 saturated carbocycles. The number of rotatable bonds is 2. The molecular weight excluding hydrogens is 244 g/mol. The second-order valence-electron chi connectivity index (χ2n) is 1.92. The average molecular weight is 252 g/mol. The highest BCUT2D eigenvalue weighted by Crippen LogP contribution is 2.28. The van der Waals surface area contributed by atoms with Crippen molar-refractivity contribution >= 4 is 22.6 Å². The predicted molar refractivity (Wildman–Crippen MR) is 38.7 cm³/mol. The van der Waals surface area contributed by atoms with E-state index >= 15 is 0 Å². The summed E-state index contributed by atoms with van der Waals surface area (Å²) in [5.74, 6) is -1.14. The van der Waals surface area contributed by atoms with Gasteiger partial charge in [-0.1, -0.05) is 29.5 Å². The molecule has 0 nitrogen and oxygen atoms in total. The van der Waals surface area contributed by atoms with Crippen molar-refractivity contribution in [3.05, 3.63) is 0 Å². The van der Waals surface area contributed by atoms with Gasteiger partial charge in [-0.05, 0) is 6.42 Å². The van der Waals surface area contributed by atoms with Crippen LogP contribution in [0, 0.1) is 5.92 Å². The van der Waals surface area contributed by atoms with Crippen LogP contribution in [0.15, 0.2) is 0 Å². The van der Waals surface area contributed by atoms with Crippen LogP contribution in [0.1, 0.15) is 13.3 Å². The maximum Gasteiger partial charge on any atom is 0.391 e. The highest BCUT2D eigenvalue weighted by Gasteiger charge is 2.34. The normalized spacial score (nSPS) is 15.7. The predicted octanol–water partition coefficient (Wildman–Crippen LogP) is 3.01. The Bertz CT molecular complexity index is 78.8. The number of alkyl halides is 4. The van der Waals surface area contributed by atoms with Crippen molar-refractivity contribution in [1.29, 1.82) is 0 Å². The van der Waals surface area contributed by atoms with Gasteiger partial charge in [0.15, 0.2) is 0 Å². The molecule has 9 heavy (non-hydrogen) atoms. The molecule has 0 aromatic heterocycles. The molecule has 0 aromatic carbocycles. The Morgan fingerprint density at radius 3 is 2.00 bits per heavy atom. The lowest BCUT2D eigenvalue weighted by Gasteiger charge is -2.12. The molecule has 0 bridgehead atoms. The first-order valence-corrected chi connectivity index (χ1v) is 4.13. The molecular formula is C5H8F3I. The smallest absolute Gasteiger partial charge is 0.171 e. The van der Waals surface area contributed by atoms with Crippen LogP contribution in [-0.4, -0.2) is 10.6 Å². The topological polar surface area (TPSA) is 0 Å². The third kappa shape index (κ3) is 4.00. The summed E-state index contributed by atoms with van der Waals surface area (Å²) < 4.78 is 35.5. The molecule has 0 radical (unpaired) electrons. The van der Waals surface area contributed by atoms with Crippen LogP contribution in [-0.2, 0) is 0 Å². The van der Waals surface area contributed by atoms with E-state index in [0.717, 1.165) is 0 Å². The fraction of sp³-hybridized carbons (Fsp3) is 1.00. The fourth-order valence-electron chi connectivity index (χ4n) is 0.327. The number of halogens is 4. The first-order chi connectivity index (χ1) is 3.98. The summed E-state index contributed by atoms with van der Waals surface area (Å²) >= 11 is 1.94. The lowest BCUT2D eigenvalue weighted by Crippen LogP contribution is -2.19. The van der Waals surface area contributed by atoms with Crippen molar-refractivity contribution in [2.75, 3.05) is 4.43 Å². The summed E-state index contributed by atoms with van der Waals surface area (Å²) in [5.41, 5.74) is 0. The van der Waals surface area contributed by atoms with Crippen molar-refractivity contribution in [1.82, 2.24) is 0 Å². The van der Waals surface area contributed by atoms with E-state index in [9.17, 15) is 13.2 Å². The van der Waals surface area contributed by atoms with Gasteiger partial charge >= 0.3 is 6.18 Å². The second-order valence-corrected chi connectivity index (χ2v) is 3.00. The molecule has 0 heterocycles. The Balaban J connectivity index is 3.59. The summed E-state index contributed by atoms with van der Waals surface area (Å²) in [7, 11) is 0. The molecule has 0 amide bonds. The van der Waals surface area contributed by atoms with Gasteiger partial charge < -0.3 is 0 Å². The average Bonchev–Trinajstić information content (AvgIpc) is 1.64. The third-order valence-corrected chi connectivity index (χ3v) is 1.72. The molecule has 0 N–H and O–H groups in total. The summed E-state index contributed by atoms with van der Waals surface area (Å²) in [5, 5.41) is 0. The highest BCUT2D eigenvalue weighted by atomic mass is 127. The van der Waals surface area contributed by atoms with Gasteiger partial charge in [-0.3, -0.25) is 0 Å². The Kier molecular flexibility index (Phi) is 3.84. The second kappa shape index (κ2) is 3.63. The summed E-state index contributed by atoms with van der Waals surface area (Å²) in [6.45, 7) is 1.21. The zero-order valence-electron chi connectivity index (χ0n) is 5.00. The molecule has 0 fully saturated rings. The molecule has 1 atom stereocenters. The van der Waals surface area contributed by atoms with Crippen molar-refractivity contribution in [2.24, 2.45) is 5.92 Å². The van der Waals surface area contributed by atoms with E-state index in [1.807, 2.05) is 22.6 Å². The van der Waals surface area contributed by atoms with Crippen molar-refractivity contribution < 1.29 is 13.2 Å². The summed E-state index contributed by atoms with van der Waals surface area (Å²) in [4.78, 5) is 0. The first kappa shape index (κ1) is 9.52. The van der Waals surface area contributed by atoms with Crippen LogP contribution >= 0.6 is 22.6 Å². The molecule has 0 spiro atoms. The Labute approximate surface area is 66.0 Å². The van der Waals surface area contributed by atoms with Crippen molar-refractivity contribution in [3.63, 3.8) is 0 Å². The quantitative estimate of drug-likeness (QED) is 0.523. The van der Waals surface area contributed by atoms with E-state index < -0.39 is 12.1 Å².